The molecular formula is C22H25N5O3S. The van der Waals surface area contributed by atoms with E-state index in [0.717, 1.165) is 12.0 Å². The molecule has 2 heterocycles. The fourth-order valence-electron chi connectivity index (χ4n) is 3.29. The van der Waals surface area contributed by atoms with Crippen LogP contribution in [0.2, 0.25) is 0 Å². The first kappa shape index (κ1) is 21.0. The maximum Gasteiger partial charge on any atom is 0.230 e. The molecule has 1 aromatic heterocycles. The molecule has 162 valence electrons. The van der Waals surface area contributed by atoms with Crippen molar-refractivity contribution in [1.29, 1.82) is 0 Å². The Hall–Kier alpha value is -3.20. The summed E-state index contributed by atoms with van der Waals surface area (Å²) >= 11 is 1.22. The molecule has 0 saturated carbocycles. The highest BCUT2D eigenvalue weighted by Crippen LogP contribution is 2.35. The molecule has 1 amide bonds. The molecule has 9 heteroatoms. The maximum absolute atomic E-state index is 12.4. The third-order valence-electron chi connectivity index (χ3n) is 5.09. The number of fused-ring (bicyclic) bond motifs is 1. The van der Waals surface area contributed by atoms with Crippen molar-refractivity contribution in [3.63, 3.8) is 0 Å². The smallest absolute Gasteiger partial charge is 0.230 e. The van der Waals surface area contributed by atoms with Crippen LogP contribution in [0.4, 0.5) is 0 Å². The molecule has 2 aromatic carbocycles. The average Bonchev–Trinajstić information content (AvgIpc) is 3.17. The van der Waals surface area contributed by atoms with Gasteiger partial charge in [0.25, 0.3) is 0 Å². The van der Waals surface area contributed by atoms with Gasteiger partial charge >= 0.3 is 0 Å². The summed E-state index contributed by atoms with van der Waals surface area (Å²) in [6.45, 7) is 4.36. The van der Waals surface area contributed by atoms with Gasteiger partial charge < -0.3 is 20.6 Å². The van der Waals surface area contributed by atoms with Crippen molar-refractivity contribution < 1.29 is 14.3 Å². The lowest BCUT2D eigenvalue weighted by Gasteiger charge is -2.25. The standard InChI is InChI=1S/C22H25N5O3S/c1-3-15-8-10-16(11-9-15)14(2)24-20(28)13-31-22-26-25-21(27(22)23)19-12-29-17-6-4-5-7-18(17)30-19/h4-11,14,19H,3,12-13,23H2,1-2H3,(H,24,28)/t14-,19-/m0/s1. The van der Waals surface area contributed by atoms with Crippen LogP contribution in [0.1, 0.15) is 42.9 Å². The summed E-state index contributed by atoms with van der Waals surface area (Å²) in [5.41, 5.74) is 2.33. The highest BCUT2D eigenvalue weighted by molar-refractivity contribution is 7.99. The van der Waals surface area contributed by atoms with E-state index in [9.17, 15) is 4.79 Å². The Balaban J connectivity index is 1.33. The zero-order valence-electron chi connectivity index (χ0n) is 17.4. The monoisotopic (exact) mass is 439 g/mol. The Morgan fingerprint density at radius 3 is 2.71 bits per heavy atom. The van der Waals surface area contributed by atoms with Gasteiger partial charge in [0.05, 0.1) is 11.8 Å². The number of nitrogens with one attached hydrogen (secondary N) is 1. The van der Waals surface area contributed by atoms with Crippen molar-refractivity contribution in [3.05, 3.63) is 65.5 Å². The van der Waals surface area contributed by atoms with Crippen molar-refractivity contribution in [2.75, 3.05) is 18.2 Å². The molecule has 1 aliphatic heterocycles. The number of nitrogen functional groups attached to an aromatic ring is 1. The van der Waals surface area contributed by atoms with Gasteiger partial charge in [-0.2, -0.15) is 0 Å². The SMILES string of the molecule is CCc1ccc([C@H](C)NC(=O)CSc2nnc([C@@H]3COc4ccccc4O3)n2N)cc1. The van der Waals surface area contributed by atoms with Crippen LogP contribution in [0.5, 0.6) is 11.5 Å². The third-order valence-corrected chi connectivity index (χ3v) is 6.03. The number of rotatable bonds is 7. The van der Waals surface area contributed by atoms with Gasteiger partial charge in [0, 0.05) is 0 Å². The summed E-state index contributed by atoms with van der Waals surface area (Å²) in [6, 6.07) is 15.6. The van der Waals surface area contributed by atoms with Crippen molar-refractivity contribution >= 4 is 17.7 Å². The Bertz CT molecular complexity index is 1050. The first-order chi connectivity index (χ1) is 15.0. The van der Waals surface area contributed by atoms with Gasteiger partial charge in [0.2, 0.25) is 11.1 Å². The lowest BCUT2D eigenvalue weighted by Crippen LogP contribution is -2.29. The van der Waals surface area contributed by atoms with E-state index in [2.05, 4.69) is 34.6 Å². The van der Waals surface area contributed by atoms with Gasteiger partial charge in [-0.05, 0) is 36.6 Å². The number of aromatic nitrogens is 3. The molecule has 0 spiro atoms. The molecule has 0 unspecified atom stereocenters. The second-order valence-electron chi connectivity index (χ2n) is 7.25. The first-order valence-corrected chi connectivity index (χ1v) is 11.1. The predicted molar refractivity (Wildman–Crippen MR) is 119 cm³/mol. The molecular weight excluding hydrogens is 414 g/mol. The van der Waals surface area contributed by atoms with E-state index in [1.54, 1.807) is 0 Å². The van der Waals surface area contributed by atoms with Crippen LogP contribution in [0, 0.1) is 0 Å². The van der Waals surface area contributed by atoms with Crippen LogP contribution in [0.3, 0.4) is 0 Å². The summed E-state index contributed by atoms with van der Waals surface area (Å²) in [5, 5.41) is 11.7. The molecule has 8 nitrogen and oxygen atoms in total. The van der Waals surface area contributed by atoms with E-state index in [0.29, 0.717) is 22.5 Å². The summed E-state index contributed by atoms with van der Waals surface area (Å²) in [4.78, 5) is 12.4. The number of nitrogens with zero attached hydrogens (tertiary/aromatic N) is 3. The van der Waals surface area contributed by atoms with E-state index in [-0.39, 0.29) is 24.3 Å². The largest absolute Gasteiger partial charge is 0.485 e. The highest BCUT2D eigenvalue weighted by Gasteiger charge is 2.28. The van der Waals surface area contributed by atoms with Gasteiger partial charge in [-0.25, -0.2) is 4.68 Å². The molecule has 0 fully saturated rings. The second kappa shape index (κ2) is 9.30. The Morgan fingerprint density at radius 2 is 1.97 bits per heavy atom. The zero-order valence-corrected chi connectivity index (χ0v) is 18.3. The molecule has 4 rings (SSSR count). The normalized spacial score (nSPS) is 16.0. The molecule has 31 heavy (non-hydrogen) atoms. The number of aryl methyl sites for hydroxylation is 1. The maximum atomic E-state index is 12.4. The van der Waals surface area contributed by atoms with Crippen LogP contribution in [0.15, 0.2) is 53.7 Å². The Labute approximate surface area is 185 Å². The van der Waals surface area contributed by atoms with Crippen molar-refractivity contribution in [2.24, 2.45) is 0 Å². The van der Waals surface area contributed by atoms with Crippen LogP contribution in [-0.2, 0) is 11.2 Å². The minimum absolute atomic E-state index is 0.0850. The second-order valence-corrected chi connectivity index (χ2v) is 8.19. The average molecular weight is 440 g/mol. The summed E-state index contributed by atoms with van der Waals surface area (Å²) in [7, 11) is 0. The summed E-state index contributed by atoms with van der Waals surface area (Å²) < 4.78 is 13.0. The molecule has 0 bridgehead atoms. The minimum atomic E-state index is -0.471. The van der Waals surface area contributed by atoms with Gasteiger partial charge in [0.15, 0.2) is 23.4 Å². The predicted octanol–water partition coefficient (Wildman–Crippen LogP) is 3.04. The molecule has 1 aliphatic rings. The number of hydrogen-bond acceptors (Lipinski definition) is 7. The van der Waals surface area contributed by atoms with Crippen LogP contribution in [0.25, 0.3) is 0 Å². The molecule has 2 atom stereocenters. The van der Waals surface area contributed by atoms with Crippen molar-refractivity contribution in [1.82, 2.24) is 20.2 Å². The number of para-hydroxylation sites is 2. The van der Waals surface area contributed by atoms with E-state index in [1.165, 1.54) is 22.0 Å². The van der Waals surface area contributed by atoms with E-state index < -0.39 is 6.10 Å². The third kappa shape index (κ3) is 4.77. The Morgan fingerprint density at radius 1 is 1.23 bits per heavy atom. The van der Waals surface area contributed by atoms with Crippen LogP contribution in [-0.4, -0.2) is 33.1 Å². The van der Waals surface area contributed by atoms with Crippen molar-refractivity contribution in [2.45, 2.75) is 37.6 Å². The van der Waals surface area contributed by atoms with Crippen LogP contribution >= 0.6 is 11.8 Å². The molecule has 0 aliphatic carbocycles. The van der Waals surface area contributed by atoms with E-state index in [1.807, 2.05) is 43.3 Å². The van der Waals surface area contributed by atoms with Gasteiger partial charge in [-0.15, -0.1) is 10.2 Å². The zero-order chi connectivity index (χ0) is 21.8. The molecule has 0 radical (unpaired) electrons. The van der Waals surface area contributed by atoms with Gasteiger partial charge in [-0.3, -0.25) is 4.79 Å². The van der Waals surface area contributed by atoms with Gasteiger partial charge in [0.1, 0.15) is 6.61 Å². The minimum Gasteiger partial charge on any atom is -0.485 e. The summed E-state index contributed by atoms with van der Waals surface area (Å²) in [5.74, 6) is 8.01. The number of nitrogens with two attached hydrogens (primary N) is 1. The number of thioether (sulfide) groups is 1. The topological polar surface area (TPSA) is 104 Å². The Kier molecular flexibility index (Phi) is 6.31. The number of carbonyl (C=O) groups excluding carboxylic acids is 1. The molecule has 3 aromatic rings. The fraction of sp³-hybridized carbons (Fsp3) is 0.318. The number of carbonyl (C=O) groups is 1. The number of hydrogen-bond donors (Lipinski definition) is 2. The molecule has 3 N–H and O–H groups in total. The number of amides is 1. The van der Waals surface area contributed by atoms with Gasteiger partial charge in [-0.1, -0.05) is 55.1 Å². The number of ether oxygens (including phenoxy) is 2. The molecule has 0 saturated heterocycles. The van der Waals surface area contributed by atoms with E-state index in [4.69, 9.17) is 15.3 Å². The quantitative estimate of drug-likeness (QED) is 0.431. The lowest BCUT2D eigenvalue weighted by atomic mass is 10.1. The number of benzene rings is 2. The lowest BCUT2D eigenvalue weighted by molar-refractivity contribution is -0.119. The fourth-order valence-corrected chi connectivity index (χ4v) is 3.97. The van der Waals surface area contributed by atoms with Crippen LogP contribution < -0.4 is 20.6 Å². The van der Waals surface area contributed by atoms with Crippen molar-refractivity contribution in [3.8, 4) is 11.5 Å². The summed E-state index contributed by atoms with van der Waals surface area (Å²) in [6.07, 6.45) is 0.519. The van der Waals surface area contributed by atoms with E-state index >= 15 is 0 Å². The first-order valence-electron chi connectivity index (χ1n) is 10.1. The highest BCUT2D eigenvalue weighted by atomic mass is 32.2.